The number of hydrogen-bond acceptors (Lipinski definition) is 4. The first-order valence-corrected chi connectivity index (χ1v) is 10.2. The molecule has 27 heavy (non-hydrogen) atoms. The molecule has 0 aliphatic heterocycles. The fourth-order valence-electron chi connectivity index (χ4n) is 3.25. The molecule has 0 atom stereocenters. The van der Waals surface area contributed by atoms with Crippen molar-refractivity contribution in [2.45, 2.75) is 51.1 Å². The second kappa shape index (κ2) is 9.46. The van der Waals surface area contributed by atoms with Crippen LogP contribution in [0.15, 0.2) is 42.5 Å². The molecule has 1 aliphatic rings. The van der Waals surface area contributed by atoms with Crippen LogP contribution in [0.3, 0.4) is 0 Å². The van der Waals surface area contributed by atoms with Gasteiger partial charge in [0.2, 0.25) is 5.78 Å². The predicted octanol–water partition coefficient (Wildman–Crippen LogP) is 3.43. The highest BCUT2D eigenvalue weighted by Crippen LogP contribution is 2.20. The van der Waals surface area contributed by atoms with Gasteiger partial charge in [0.05, 0.1) is 11.4 Å². The first-order chi connectivity index (χ1) is 13.1. The Morgan fingerprint density at radius 1 is 0.889 bits per heavy atom. The van der Waals surface area contributed by atoms with Gasteiger partial charge in [-0.1, -0.05) is 56.0 Å². The molecule has 5 nitrogen and oxygen atoms in total. The van der Waals surface area contributed by atoms with Crippen molar-refractivity contribution in [2.24, 2.45) is 0 Å². The van der Waals surface area contributed by atoms with Crippen LogP contribution in [0, 0.1) is 0 Å². The highest BCUT2D eigenvalue weighted by Gasteiger charge is 2.20. The van der Waals surface area contributed by atoms with Crippen molar-refractivity contribution in [1.29, 1.82) is 0 Å². The molecule has 1 heterocycles. The summed E-state index contributed by atoms with van der Waals surface area (Å²) in [4.78, 5) is 38.0. The molecule has 1 aliphatic carbocycles. The van der Waals surface area contributed by atoms with E-state index >= 15 is 0 Å². The first kappa shape index (κ1) is 19.3. The Labute approximate surface area is 163 Å². The second-order valence-electron chi connectivity index (χ2n) is 6.81. The van der Waals surface area contributed by atoms with E-state index < -0.39 is 11.8 Å². The number of rotatable bonds is 5. The van der Waals surface area contributed by atoms with E-state index in [1.165, 1.54) is 24.2 Å². The predicted molar refractivity (Wildman–Crippen MR) is 106 cm³/mol. The minimum absolute atomic E-state index is 0.0377. The molecule has 1 aromatic carbocycles. The highest BCUT2D eigenvalue weighted by atomic mass is 32.1. The van der Waals surface area contributed by atoms with Crippen molar-refractivity contribution in [1.82, 2.24) is 10.6 Å². The van der Waals surface area contributed by atoms with Gasteiger partial charge in [-0.15, -0.1) is 11.3 Å². The molecular weight excluding hydrogens is 360 g/mol. The van der Waals surface area contributed by atoms with E-state index in [0.29, 0.717) is 10.4 Å². The summed E-state index contributed by atoms with van der Waals surface area (Å²) < 4.78 is 0. The summed E-state index contributed by atoms with van der Waals surface area (Å²) in [5.74, 6) is -1.23. The summed E-state index contributed by atoms with van der Waals surface area (Å²) in [5.41, 5.74) is 0.637. The van der Waals surface area contributed by atoms with E-state index in [-0.39, 0.29) is 18.4 Å². The summed E-state index contributed by atoms with van der Waals surface area (Å²) >= 11 is 1.33. The summed E-state index contributed by atoms with van der Waals surface area (Å²) in [6, 6.07) is 12.7. The van der Waals surface area contributed by atoms with E-state index in [1.54, 1.807) is 18.2 Å². The molecule has 2 N–H and O–H groups in total. The number of carbonyl (C=O) groups excluding carboxylic acids is 3. The zero-order chi connectivity index (χ0) is 19.1. The third-order valence-electron chi connectivity index (χ3n) is 4.74. The van der Waals surface area contributed by atoms with Crippen molar-refractivity contribution in [3.8, 4) is 0 Å². The standard InChI is InChI=1S/C21H24N2O3S/c24-19(15-8-4-3-5-9-15)18-13-12-17(27-18)14-22-20(25)21(26)23-16-10-6-1-2-7-11-16/h3-5,8-9,12-13,16H,1-2,6-7,10-11,14H2,(H,22,25)(H,23,26). The van der Waals surface area contributed by atoms with Crippen LogP contribution in [0.4, 0.5) is 0 Å². The number of hydrogen-bond donors (Lipinski definition) is 2. The number of amides is 2. The highest BCUT2D eigenvalue weighted by molar-refractivity contribution is 7.14. The van der Waals surface area contributed by atoms with Gasteiger partial charge in [-0.2, -0.15) is 0 Å². The van der Waals surface area contributed by atoms with E-state index in [9.17, 15) is 14.4 Å². The largest absolute Gasteiger partial charge is 0.345 e. The Kier molecular flexibility index (Phi) is 6.76. The maximum Gasteiger partial charge on any atom is 0.309 e. The van der Waals surface area contributed by atoms with Gasteiger partial charge in [-0.3, -0.25) is 14.4 Å². The van der Waals surface area contributed by atoms with Crippen LogP contribution in [0.25, 0.3) is 0 Å². The van der Waals surface area contributed by atoms with Crippen LogP contribution in [-0.2, 0) is 16.1 Å². The lowest BCUT2D eigenvalue weighted by molar-refractivity contribution is -0.139. The monoisotopic (exact) mass is 384 g/mol. The summed E-state index contributed by atoms with van der Waals surface area (Å²) in [5, 5.41) is 5.48. The van der Waals surface area contributed by atoms with Gasteiger partial charge in [0.25, 0.3) is 0 Å². The Hall–Kier alpha value is -2.47. The minimum atomic E-state index is -0.622. The Bertz CT molecular complexity index is 793. The van der Waals surface area contributed by atoms with Gasteiger partial charge in [-0.25, -0.2) is 0 Å². The van der Waals surface area contributed by atoms with Gasteiger partial charge in [-0.05, 0) is 25.0 Å². The number of nitrogens with one attached hydrogen (secondary N) is 2. The van der Waals surface area contributed by atoms with Crippen LogP contribution in [0.1, 0.15) is 58.6 Å². The number of thiophene rings is 1. The van der Waals surface area contributed by atoms with Gasteiger partial charge >= 0.3 is 11.8 Å². The Morgan fingerprint density at radius 3 is 2.30 bits per heavy atom. The molecule has 2 aromatic rings. The summed E-state index contributed by atoms with van der Waals surface area (Å²) in [6.45, 7) is 0.240. The number of ketones is 1. The third kappa shape index (κ3) is 5.50. The average Bonchev–Trinajstić information content (AvgIpc) is 3.02. The van der Waals surface area contributed by atoms with Gasteiger partial charge in [0.1, 0.15) is 0 Å². The summed E-state index contributed by atoms with van der Waals surface area (Å²) in [6.07, 6.45) is 6.46. The number of benzene rings is 1. The molecule has 0 saturated heterocycles. The fraction of sp³-hybridized carbons (Fsp3) is 0.381. The lowest BCUT2D eigenvalue weighted by Crippen LogP contribution is -2.44. The maximum absolute atomic E-state index is 12.4. The van der Waals surface area contributed by atoms with Crippen LogP contribution in [-0.4, -0.2) is 23.6 Å². The van der Waals surface area contributed by atoms with Gasteiger partial charge in [0.15, 0.2) is 0 Å². The van der Waals surface area contributed by atoms with Crippen LogP contribution in [0.2, 0.25) is 0 Å². The Morgan fingerprint density at radius 2 is 1.59 bits per heavy atom. The van der Waals surface area contributed by atoms with Crippen molar-refractivity contribution in [2.75, 3.05) is 0 Å². The molecule has 6 heteroatoms. The number of carbonyl (C=O) groups is 3. The minimum Gasteiger partial charge on any atom is -0.345 e. The molecule has 1 saturated carbocycles. The quantitative estimate of drug-likeness (QED) is 0.471. The third-order valence-corrected chi connectivity index (χ3v) is 5.83. The normalized spacial score (nSPS) is 15.0. The molecule has 0 bridgehead atoms. The molecule has 2 amide bonds. The van der Waals surface area contributed by atoms with Gasteiger partial charge < -0.3 is 10.6 Å². The maximum atomic E-state index is 12.4. The van der Waals surface area contributed by atoms with Crippen molar-refractivity contribution in [3.63, 3.8) is 0 Å². The molecule has 1 fully saturated rings. The van der Waals surface area contributed by atoms with Crippen LogP contribution < -0.4 is 10.6 Å². The topological polar surface area (TPSA) is 75.3 Å². The molecule has 0 radical (unpaired) electrons. The molecule has 0 spiro atoms. The van der Waals surface area contributed by atoms with Crippen molar-refractivity contribution < 1.29 is 14.4 Å². The van der Waals surface area contributed by atoms with Crippen LogP contribution >= 0.6 is 11.3 Å². The average molecular weight is 385 g/mol. The second-order valence-corrected chi connectivity index (χ2v) is 7.97. The van der Waals surface area contributed by atoms with E-state index in [2.05, 4.69) is 10.6 Å². The van der Waals surface area contributed by atoms with Crippen molar-refractivity contribution in [3.05, 3.63) is 57.8 Å². The SMILES string of the molecule is O=C(NCc1ccc(C(=O)c2ccccc2)s1)C(=O)NC1CCCCCC1. The molecule has 0 unspecified atom stereocenters. The zero-order valence-electron chi connectivity index (χ0n) is 15.2. The molecule has 142 valence electrons. The lowest BCUT2D eigenvalue weighted by Gasteiger charge is -2.15. The van der Waals surface area contributed by atoms with Crippen molar-refractivity contribution >= 4 is 28.9 Å². The molecular formula is C21H24N2O3S. The van der Waals surface area contributed by atoms with E-state index in [1.807, 2.05) is 24.3 Å². The zero-order valence-corrected chi connectivity index (χ0v) is 16.0. The van der Waals surface area contributed by atoms with Crippen LogP contribution in [0.5, 0.6) is 0 Å². The molecule has 3 rings (SSSR count). The first-order valence-electron chi connectivity index (χ1n) is 9.40. The van der Waals surface area contributed by atoms with E-state index in [0.717, 1.165) is 30.6 Å². The smallest absolute Gasteiger partial charge is 0.309 e. The van der Waals surface area contributed by atoms with E-state index in [4.69, 9.17) is 0 Å². The summed E-state index contributed by atoms with van der Waals surface area (Å²) in [7, 11) is 0. The van der Waals surface area contributed by atoms with Gasteiger partial charge in [0, 0.05) is 16.5 Å². The Balaban J connectivity index is 1.49. The molecule has 1 aromatic heterocycles. The fourth-order valence-corrected chi connectivity index (χ4v) is 4.16. The lowest BCUT2D eigenvalue weighted by atomic mass is 10.1.